The number of nitrogens with two attached hydrogens (primary N) is 1. The number of methoxy groups -OCH3 is 2. The number of rotatable bonds is 10. The molecule has 6 heteroatoms. The van der Waals surface area contributed by atoms with Crippen LogP contribution in [0.2, 0.25) is 0 Å². The Labute approximate surface area is 188 Å². The maximum Gasteiger partial charge on any atom is 0.129 e. The van der Waals surface area contributed by atoms with Gasteiger partial charge >= 0.3 is 0 Å². The number of H-pyrrole nitrogens is 1. The van der Waals surface area contributed by atoms with E-state index in [1.807, 2.05) is 54.8 Å². The molecule has 0 saturated carbocycles. The fraction of sp³-hybridized carbons (Fsp3) is 0.192. The van der Waals surface area contributed by atoms with E-state index in [0.29, 0.717) is 24.7 Å². The van der Waals surface area contributed by atoms with Gasteiger partial charge in [-0.25, -0.2) is 0 Å². The number of benzene rings is 2. The molecule has 0 bridgehead atoms. The maximum atomic E-state index is 6.21. The molecule has 166 valence electrons. The van der Waals surface area contributed by atoms with Crippen LogP contribution in [-0.4, -0.2) is 45.2 Å². The first-order chi connectivity index (χ1) is 15.6. The number of allylic oxidation sites excluding steroid dienone is 3. The predicted molar refractivity (Wildman–Crippen MR) is 132 cm³/mol. The number of ether oxygens (including phenoxy) is 3. The van der Waals surface area contributed by atoms with Gasteiger partial charge in [0.1, 0.15) is 18.1 Å². The van der Waals surface area contributed by atoms with Crippen LogP contribution in [0, 0.1) is 0 Å². The van der Waals surface area contributed by atoms with Crippen LogP contribution in [0.25, 0.3) is 23.1 Å². The minimum atomic E-state index is 0.482. The zero-order valence-corrected chi connectivity index (χ0v) is 18.7. The molecule has 0 radical (unpaired) electrons. The topological polar surface area (TPSA) is 81.9 Å². The Morgan fingerprint density at radius 1 is 1.03 bits per heavy atom. The number of aromatic amines is 1. The van der Waals surface area contributed by atoms with E-state index in [9.17, 15) is 0 Å². The largest absolute Gasteiger partial charge is 0.496 e. The van der Waals surface area contributed by atoms with Crippen molar-refractivity contribution in [1.82, 2.24) is 4.98 Å². The van der Waals surface area contributed by atoms with E-state index in [4.69, 9.17) is 19.9 Å². The van der Waals surface area contributed by atoms with Gasteiger partial charge in [0.05, 0.1) is 19.4 Å². The summed E-state index contributed by atoms with van der Waals surface area (Å²) in [4.78, 5) is 7.53. The molecule has 3 N–H and O–H groups in total. The Balaban J connectivity index is 1.68. The third-order valence-corrected chi connectivity index (χ3v) is 4.81. The zero-order chi connectivity index (χ0) is 22.8. The molecule has 0 fully saturated rings. The van der Waals surface area contributed by atoms with E-state index < -0.39 is 0 Å². The molecule has 0 spiro atoms. The fourth-order valence-corrected chi connectivity index (χ4v) is 3.10. The van der Waals surface area contributed by atoms with Crippen molar-refractivity contribution < 1.29 is 14.2 Å². The van der Waals surface area contributed by atoms with E-state index in [1.54, 1.807) is 21.3 Å². The van der Waals surface area contributed by atoms with Crippen LogP contribution in [0.5, 0.6) is 11.5 Å². The summed E-state index contributed by atoms with van der Waals surface area (Å²) in [6.07, 6.45) is 11.4. The zero-order valence-electron chi connectivity index (χ0n) is 18.7. The lowest BCUT2D eigenvalue weighted by Crippen LogP contribution is -2.04. The van der Waals surface area contributed by atoms with Crippen molar-refractivity contribution in [2.24, 2.45) is 10.7 Å². The Hall–Kier alpha value is -3.77. The van der Waals surface area contributed by atoms with Crippen molar-refractivity contribution in [3.8, 4) is 11.5 Å². The van der Waals surface area contributed by atoms with Crippen LogP contribution in [0.15, 0.2) is 77.6 Å². The molecule has 0 amide bonds. The summed E-state index contributed by atoms with van der Waals surface area (Å²) in [5.41, 5.74) is 10.6. The highest BCUT2D eigenvalue weighted by Crippen LogP contribution is 2.26. The highest BCUT2D eigenvalue weighted by Gasteiger charge is 2.03. The molecule has 0 atom stereocenters. The number of fused-ring (bicyclic) bond motifs is 1. The van der Waals surface area contributed by atoms with E-state index in [2.05, 4.69) is 34.2 Å². The van der Waals surface area contributed by atoms with Gasteiger partial charge in [0.15, 0.2) is 0 Å². The van der Waals surface area contributed by atoms with Gasteiger partial charge in [-0.3, -0.25) is 4.99 Å². The fourth-order valence-electron chi connectivity index (χ4n) is 3.10. The number of nitrogens with one attached hydrogen (secondary N) is 1. The summed E-state index contributed by atoms with van der Waals surface area (Å²) < 4.78 is 16.1. The van der Waals surface area contributed by atoms with Crippen LogP contribution >= 0.6 is 0 Å². The van der Waals surface area contributed by atoms with E-state index in [1.165, 1.54) is 5.39 Å². The van der Waals surface area contributed by atoms with Gasteiger partial charge < -0.3 is 24.9 Å². The van der Waals surface area contributed by atoms with Crippen molar-refractivity contribution >= 4 is 28.8 Å². The first-order valence-electron chi connectivity index (χ1n) is 10.3. The van der Waals surface area contributed by atoms with E-state index >= 15 is 0 Å². The lowest BCUT2D eigenvalue weighted by atomic mass is 10.1. The summed E-state index contributed by atoms with van der Waals surface area (Å²) in [5.74, 6) is 1.43. The quantitative estimate of drug-likeness (QED) is 0.273. The van der Waals surface area contributed by atoms with Gasteiger partial charge in [0, 0.05) is 43.2 Å². The third kappa shape index (κ3) is 6.36. The molecule has 3 aromatic rings. The second-order valence-electron chi connectivity index (χ2n) is 7.03. The Bertz CT molecular complexity index is 1160. The Morgan fingerprint density at radius 2 is 1.91 bits per heavy atom. The molecule has 0 unspecified atom stereocenters. The summed E-state index contributed by atoms with van der Waals surface area (Å²) in [5, 5.41) is 1.19. The third-order valence-electron chi connectivity index (χ3n) is 4.81. The molecule has 2 aromatic carbocycles. The number of hydrogen-bond donors (Lipinski definition) is 2. The SMILES string of the molecule is CN=C(C=C(N)/C=C/c1ccc(OCCOC)cc1OC)/C=C/c1ccc2cc[nH]c2c1. The lowest BCUT2D eigenvalue weighted by molar-refractivity contribution is 0.146. The molecule has 0 aliphatic heterocycles. The normalized spacial score (nSPS) is 12.8. The van der Waals surface area contributed by atoms with Gasteiger partial charge in [-0.1, -0.05) is 18.2 Å². The minimum absolute atomic E-state index is 0.482. The highest BCUT2D eigenvalue weighted by molar-refractivity contribution is 6.07. The van der Waals surface area contributed by atoms with Crippen LogP contribution in [-0.2, 0) is 4.74 Å². The lowest BCUT2D eigenvalue weighted by Gasteiger charge is -2.09. The van der Waals surface area contributed by atoms with Gasteiger partial charge in [-0.2, -0.15) is 0 Å². The van der Waals surface area contributed by atoms with Crippen LogP contribution in [0.3, 0.4) is 0 Å². The number of aliphatic imine (C=N–C) groups is 1. The van der Waals surface area contributed by atoms with Crippen LogP contribution in [0.1, 0.15) is 11.1 Å². The second kappa shape index (κ2) is 11.6. The van der Waals surface area contributed by atoms with Crippen molar-refractivity contribution in [3.63, 3.8) is 0 Å². The molecule has 1 aromatic heterocycles. The predicted octanol–water partition coefficient (Wildman–Crippen LogP) is 4.84. The molecule has 32 heavy (non-hydrogen) atoms. The van der Waals surface area contributed by atoms with E-state index in [-0.39, 0.29) is 0 Å². The molecule has 0 aliphatic carbocycles. The molecule has 1 heterocycles. The smallest absolute Gasteiger partial charge is 0.129 e. The monoisotopic (exact) mass is 431 g/mol. The van der Waals surface area contributed by atoms with Crippen LogP contribution in [0.4, 0.5) is 0 Å². The molecule has 0 saturated heterocycles. The number of hydrogen-bond acceptors (Lipinski definition) is 5. The molecule has 6 nitrogen and oxygen atoms in total. The highest BCUT2D eigenvalue weighted by atomic mass is 16.5. The summed E-state index contributed by atoms with van der Waals surface area (Å²) in [7, 11) is 5.01. The summed E-state index contributed by atoms with van der Waals surface area (Å²) in [6.45, 7) is 1.01. The van der Waals surface area contributed by atoms with Gasteiger partial charge in [-0.05, 0) is 59.5 Å². The standard InChI is InChI=1S/C26H29N3O3/c1-28-23(10-5-19-4-6-20-12-13-29-25(20)16-19)17-22(27)9-7-21-8-11-24(18-26(21)31-3)32-15-14-30-2/h4-13,16-18,29H,14-15,27H2,1-3H3/b9-7+,10-5+,22-17?,28-23?. The van der Waals surface area contributed by atoms with Crippen molar-refractivity contribution in [2.45, 2.75) is 0 Å². The average molecular weight is 432 g/mol. The average Bonchev–Trinajstić information content (AvgIpc) is 3.28. The second-order valence-corrected chi connectivity index (χ2v) is 7.03. The van der Waals surface area contributed by atoms with Crippen molar-refractivity contribution in [1.29, 1.82) is 0 Å². The van der Waals surface area contributed by atoms with Gasteiger partial charge in [0.25, 0.3) is 0 Å². The maximum absolute atomic E-state index is 6.21. The van der Waals surface area contributed by atoms with Gasteiger partial charge in [0.2, 0.25) is 0 Å². The summed E-state index contributed by atoms with van der Waals surface area (Å²) >= 11 is 0. The molecular weight excluding hydrogens is 402 g/mol. The molecule has 3 rings (SSSR count). The minimum Gasteiger partial charge on any atom is -0.496 e. The van der Waals surface area contributed by atoms with Crippen molar-refractivity contribution in [3.05, 3.63) is 83.7 Å². The Kier molecular flexibility index (Phi) is 8.29. The number of aromatic nitrogens is 1. The van der Waals surface area contributed by atoms with Crippen LogP contribution < -0.4 is 15.2 Å². The van der Waals surface area contributed by atoms with Gasteiger partial charge in [-0.15, -0.1) is 0 Å². The molecular formula is C26H29N3O3. The van der Waals surface area contributed by atoms with Crippen molar-refractivity contribution in [2.75, 3.05) is 34.5 Å². The molecule has 0 aliphatic rings. The first-order valence-corrected chi connectivity index (χ1v) is 10.3. The summed E-state index contributed by atoms with van der Waals surface area (Å²) in [6, 6.07) is 14.0. The first kappa shape index (κ1) is 22.9. The van der Waals surface area contributed by atoms with E-state index in [0.717, 1.165) is 28.1 Å². The Morgan fingerprint density at radius 3 is 2.69 bits per heavy atom. The number of nitrogens with zero attached hydrogens (tertiary/aromatic N) is 1.